The number of rotatable bonds is 4. The van der Waals surface area contributed by atoms with Gasteiger partial charge in [0.2, 0.25) is 0 Å². The molecule has 2 aromatic rings. The summed E-state index contributed by atoms with van der Waals surface area (Å²) in [5, 5.41) is 6.63. The molecule has 0 spiro atoms. The second kappa shape index (κ2) is 5.76. The van der Waals surface area contributed by atoms with Crippen molar-refractivity contribution in [1.82, 2.24) is 10.3 Å². The maximum absolute atomic E-state index is 4.42. The lowest BCUT2D eigenvalue weighted by Crippen LogP contribution is -2.13. The van der Waals surface area contributed by atoms with E-state index in [0.717, 1.165) is 23.8 Å². The maximum atomic E-state index is 4.42. The predicted octanol–water partition coefficient (Wildman–Crippen LogP) is 3.81. The van der Waals surface area contributed by atoms with E-state index < -0.39 is 0 Å². The van der Waals surface area contributed by atoms with E-state index in [-0.39, 0.29) is 0 Å². The van der Waals surface area contributed by atoms with Gasteiger partial charge in [0.05, 0.1) is 10.7 Å². The van der Waals surface area contributed by atoms with Gasteiger partial charge in [-0.05, 0) is 31.0 Å². The van der Waals surface area contributed by atoms with E-state index >= 15 is 0 Å². The van der Waals surface area contributed by atoms with Crippen LogP contribution in [0.1, 0.15) is 21.8 Å². The summed E-state index contributed by atoms with van der Waals surface area (Å²) in [6.45, 7) is 5.81. The molecule has 0 saturated heterocycles. The molecule has 0 bridgehead atoms. The molecule has 0 unspecified atom stereocenters. The highest BCUT2D eigenvalue weighted by Gasteiger charge is 2.01. The molecule has 1 N–H and O–H groups in total. The third-order valence-electron chi connectivity index (χ3n) is 2.50. The molecule has 4 heteroatoms. The summed E-state index contributed by atoms with van der Waals surface area (Å²) in [5.74, 6) is 0. The van der Waals surface area contributed by atoms with Crippen molar-refractivity contribution in [3.63, 3.8) is 0 Å². The highest BCUT2D eigenvalue weighted by molar-refractivity contribution is 9.10. The van der Waals surface area contributed by atoms with Crippen LogP contribution < -0.4 is 5.32 Å². The molecule has 2 rings (SSSR count). The summed E-state index contributed by atoms with van der Waals surface area (Å²) in [6, 6.07) is 6.43. The Kier molecular flexibility index (Phi) is 4.31. The zero-order chi connectivity index (χ0) is 12.3. The lowest BCUT2D eigenvalue weighted by molar-refractivity contribution is 0.680. The van der Waals surface area contributed by atoms with Crippen molar-refractivity contribution >= 4 is 27.3 Å². The summed E-state index contributed by atoms with van der Waals surface area (Å²) in [7, 11) is 0. The summed E-state index contributed by atoms with van der Waals surface area (Å²) in [5.41, 5.74) is 3.68. The van der Waals surface area contributed by atoms with Crippen LogP contribution in [-0.4, -0.2) is 4.98 Å². The Hall–Kier alpha value is -0.710. The number of thiazole rings is 1. The first-order valence-corrected chi connectivity index (χ1v) is 7.19. The van der Waals surface area contributed by atoms with Gasteiger partial charge in [0.25, 0.3) is 0 Å². The molecule has 0 aliphatic rings. The molecule has 0 radical (unpaired) electrons. The molecule has 2 nitrogen and oxygen atoms in total. The van der Waals surface area contributed by atoms with Gasteiger partial charge in [-0.25, -0.2) is 4.98 Å². The third kappa shape index (κ3) is 3.63. The fourth-order valence-corrected chi connectivity index (χ4v) is 2.86. The number of benzene rings is 1. The number of nitrogens with zero attached hydrogens (tertiary/aromatic N) is 1. The van der Waals surface area contributed by atoms with E-state index in [2.05, 4.69) is 56.7 Å². The molecule has 0 saturated carbocycles. The Morgan fingerprint density at radius 2 is 2.12 bits per heavy atom. The third-order valence-corrected chi connectivity index (χ3v) is 4.06. The molecule has 1 aromatic heterocycles. The first-order valence-electron chi connectivity index (χ1n) is 5.52. The lowest BCUT2D eigenvalue weighted by atomic mass is 10.1. The minimum atomic E-state index is 0.824. The van der Waals surface area contributed by atoms with Crippen LogP contribution in [-0.2, 0) is 13.1 Å². The van der Waals surface area contributed by atoms with Gasteiger partial charge in [0, 0.05) is 22.9 Å². The van der Waals surface area contributed by atoms with Crippen molar-refractivity contribution < 1.29 is 0 Å². The molecule has 17 heavy (non-hydrogen) atoms. The quantitative estimate of drug-likeness (QED) is 0.928. The minimum Gasteiger partial charge on any atom is -0.307 e. The van der Waals surface area contributed by atoms with Crippen LogP contribution in [0.5, 0.6) is 0 Å². The number of aromatic nitrogens is 1. The average molecular weight is 311 g/mol. The van der Waals surface area contributed by atoms with E-state index in [1.54, 1.807) is 11.3 Å². The van der Waals surface area contributed by atoms with Crippen LogP contribution in [0.2, 0.25) is 0 Å². The Labute approximate surface area is 114 Å². The van der Waals surface area contributed by atoms with Crippen molar-refractivity contribution in [1.29, 1.82) is 0 Å². The first-order chi connectivity index (χ1) is 8.15. The van der Waals surface area contributed by atoms with Gasteiger partial charge < -0.3 is 5.32 Å². The van der Waals surface area contributed by atoms with Gasteiger partial charge in [-0.1, -0.05) is 28.1 Å². The van der Waals surface area contributed by atoms with Gasteiger partial charge in [0.1, 0.15) is 0 Å². The zero-order valence-corrected chi connectivity index (χ0v) is 12.4. The van der Waals surface area contributed by atoms with Crippen molar-refractivity contribution in [3.8, 4) is 0 Å². The van der Waals surface area contributed by atoms with Gasteiger partial charge in [-0.15, -0.1) is 11.3 Å². The number of nitrogens with one attached hydrogen (secondary N) is 1. The highest BCUT2D eigenvalue weighted by atomic mass is 79.9. The molecule has 90 valence electrons. The Bertz CT molecular complexity index is 508. The largest absolute Gasteiger partial charge is 0.307 e. The van der Waals surface area contributed by atoms with Gasteiger partial charge >= 0.3 is 0 Å². The van der Waals surface area contributed by atoms with Crippen molar-refractivity contribution in [3.05, 3.63) is 49.9 Å². The van der Waals surface area contributed by atoms with Crippen molar-refractivity contribution in [2.75, 3.05) is 0 Å². The van der Waals surface area contributed by atoms with E-state index in [9.17, 15) is 0 Å². The fourth-order valence-electron chi connectivity index (χ4n) is 1.61. The summed E-state index contributed by atoms with van der Waals surface area (Å²) < 4.78 is 1.17. The molecule has 0 fully saturated rings. The predicted molar refractivity (Wildman–Crippen MR) is 76.3 cm³/mol. The normalized spacial score (nSPS) is 10.8. The van der Waals surface area contributed by atoms with Crippen LogP contribution >= 0.6 is 27.3 Å². The average Bonchev–Trinajstić information content (AvgIpc) is 2.68. The van der Waals surface area contributed by atoms with Crippen LogP contribution in [0.3, 0.4) is 0 Å². The van der Waals surface area contributed by atoms with Gasteiger partial charge in [-0.2, -0.15) is 0 Å². The summed E-state index contributed by atoms with van der Waals surface area (Å²) >= 11 is 5.28. The molecule has 0 atom stereocenters. The van der Waals surface area contributed by atoms with Crippen LogP contribution in [0.25, 0.3) is 0 Å². The SMILES string of the molecule is Cc1ccc(CNCc2csc(C)n2)c(Br)c1. The minimum absolute atomic E-state index is 0.824. The number of hydrogen-bond donors (Lipinski definition) is 1. The topological polar surface area (TPSA) is 24.9 Å². The van der Waals surface area contributed by atoms with Gasteiger partial charge in [-0.3, -0.25) is 0 Å². The molecule has 1 aromatic carbocycles. The van der Waals surface area contributed by atoms with Crippen LogP contribution in [0.4, 0.5) is 0 Å². The van der Waals surface area contributed by atoms with Gasteiger partial charge in [0.15, 0.2) is 0 Å². The van der Waals surface area contributed by atoms with E-state index in [4.69, 9.17) is 0 Å². The number of hydrogen-bond acceptors (Lipinski definition) is 3. The molecular weight excluding hydrogens is 296 g/mol. The highest BCUT2D eigenvalue weighted by Crippen LogP contribution is 2.18. The van der Waals surface area contributed by atoms with E-state index in [1.165, 1.54) is 15.6 Å². The summed E-state index contributed by atoms with van der Waals surface area (Å²) in [4.78, 5) is 4.42. The number of halogens is 1. The molecule has 0 amide bonds. The number of aryl methyl sites for hydroxylation is 2. The lowest BCUT2D eigenvalue weighted by Gasteiger charge is -2.06. The molecule has 0 aliphatic carbocycles. The summed E-state index contributed by atoms with van der Waals surface area (Å²) in [6.07, 6.45) is 0. The fraction of sp³-hybridized carbons (Fsp3) is 0.308. The first kappa shape index (κ1) is 12.7. The zero-order valence-electron chi connectivity index (χ0n) is 9.96. The Morgan fingerprint density at radius 1 is 1.29 bits per heavy atom. The van der Waals surface area contributed by atoms with Crippen molar-refractivity contribution in [2.45, 2.75) is 26.9 Å². The Balaban J connectivity index is 1.90. The standard InChI is InChI=1S/C13H15BrN2S/c1-9-3-4-11(13(14)5-9)6-15-7-12-8-17-10(2)16-12/h3-5,8,15H,6-7H2,1-2H3. The van der Waals surface area contributed by atoms with E-state index in [0.29, 0.717) is 0 Å². The van der Waals surface area contributed by atoms with Crippen molar-refractivity contribution in [2.24, 2.45) is 0 Å². The van der Waals surface area contributed by atoms with E-state index in [1.807, 2.05) is 6.92 Å². The van der Waals surface area contributed by atoms with Crippen LogP contribution in [0.15, 0.2) is 28.1 Å². The molecule has 0 aliphatic heterocycles. The maximum Gasteiger partial charge on any atom is 0.0897 e. The second-order valence-corrected chi connectivity index (χ2v) is 5.97. The molecular formula is C13H15BrN2S. The smallest absolute Gasteiger partial charge is 0.0897 e. The van der Waals surface area contributed by atoms with Crippen LogP contribution in [0, 0.1) is 13.8 Å². The molecule has 1 heterocycles. The monoisotopic (exact) mass is 310 g/mol. The second-order valence-electron chi connectivity index (χ2n) is 4.06. The Morgan fingerprint density at radius 3 is 2.76 bits per heavy atom.